The van der Waals surface area contributed by atoms with Gasteiger partial charge in [-0.25, -0.2) is 4.68 Å². The maximum atomic E-state index is 12.3. The Hall–Kier alpha value is -2.15. The summed E-state index contributed by atoms with van der Waals surface area (Å²) < 4.78 is 4.10. The van der Waals surface area contributed by atoms with E-state index in [0.29, 0.717) is 6.04 Å². The minimum absolute atomic E-state index is 0.0197. The van der Waals surface area contributed by atoms with Gasteiger partial charge in [-0.15, -0.1) is 0 Å². The van der Waals surface area contributed by atoms with Gasteiger partial charge in [0.15, 0.2) is 0 Å². The molecule has 7 nitrogen and oxygen atoms in total. The third-order valence-electron chi connectivity index (χ3n) is 5.53. The van der Waals surface area contributed by atoms with Crippen molar-refractivity contribution in [2.24, 2.45) is 5.41 Å². The number of rotatable bonds is 6. The highest BCUT2D eigenvalue weighted by atomic mass is 16.2. The van der Waals surface area contributed by atoms with Gasteiger partial charge in [0.25, 0.3) is 0 Å². The molecule has 1 amide bonds. The van der Waals surface area contributed by atoms with Gasteiger partial charge in [-0.3, -0.25) is 14.4 Å². The highest BCUT2D eigenvalue weighted by Gasteiger charge is 2.26. The zero-order valence-corrected chi connectivity index (χ0v) is 17.9. The van der Waals surface area contributed by atoms with Gasteiger partial charge in [-0.1, -0.05) is 27.7 Å². The second-order valence-electron chi connectivity index (χ2n) is 8.85. The van der Waals surface area contributed by atoms with Crippen molar-refractivity contribution in [2.45, 2.75) is 73.0 Å². The van der Waals surface area contributed by atoms with Crippen molar-refractivity contribution in [1.82, 2.24) is 24.5 Å². The summed E-state index contributed by atoms with van der Waals surface area (Å²) in [5, 5.41) is 12.1. The van der Waals surface area contributed by atoms with E-state index in [4.69, 9.17) is 0 Å². The maximum absolute atomic E-state index is 12.3. The van der Waals surface area contributed by atoms with Crippen LogP contribution in [0.1, 0.15) is 64.3 Å². The molecule has 3 heterocycles. The first-order valence-corrected chi connectivity index (χ1v) is 10.4. The number of nitrogens with zero attached hydrogens (tertiary/aromatic N) is 5. The monoisotopic (exact) mass is 386 g/mol. The molecule has 1 aliphatic heterocycles. The van der Waals surface area contributed by atoms with Crippen molar-refractivity contribution in [3.8, 4) is 0 Å². The number of hydrogen-bond acceptors (Lipinski definition) is 4. The van der Waals surface area contributed by atoms with Crippen LogP contribution in [0.15, 0.2) is 18.5 Å². The quantitative estimate of drug-likeness (QED) is 0.823. The topological polar surface area (TPSA) is 68.0 Å². The number of carbonyl (C=O) groups is 1. The average molecular weight is 387 g/mol. The smallest absolute Gasteiger partial charge is 0.230 e. The molecule has 0 radical (unpaired) electrons. The van der Waals surface area contributed by atoms with Gasteiger partial charge in [-0.2, -0.15) is 10.2 Å². The standard InChI is InChI=1S/C21H34N6O/c1-6-11-26-16(2)17(14-23-26)15-25-12-8-18(9-13-25)27-19(7-10-22-27)24-20(28)21(3,4)5/h7,10,14,18H,6,8-9,11-13,15H2,1-5H3,(H,24,28). The van der Waals surface area contributed by atoms with Crippen LogP contribution in [0.25, 0.3) is 0 Å². The summed E-state index contributed by atoms with van der Waals surface area (Å²) >= 11 is 0. The number of likely N-dealkylation sites (tertiary alicyclic amines) is 1. The van der Waals surface area contributed by atoms with Gasteiger partial charge in [0, 0.05) is 48.9 Å². The Kier molecular flexibility index (Phi) is 6.23. The number of nitrogens with one attached hydrogen (secondary N) is 1. The zero-order chi connectivity index (χ0) is 20.3. The summed E-state index contributed by atoms with van der Waals surface area (Å²) in [6.45, 7) is 14.1. The molecule has 0 saturated carbocycles. The molecular weight excluding hydrogens is 352 g/mol. The maximum Gasteiger partial charge on any atom is 0.230 e. The lowest BCUT2D eigenvalue weighted by Crippen LogP contribution is -2.35. The van der Waals surface area contributed by atoms with E-state index >= 15 is 0 Å². The minimum atomic E-state index is -0.418. The third-order valence-corrected chi connectivity index (χ3v) is 5.53. The lowest BCUT2D eigenvalue weighted by molar-refractivity contribution is -0.123. The predicted molar refractivity (Wildman–Crippen MR) is 111 cm³/mol. The number of aromatic nitrogens is 4. The van der Waals surface area contributed by atoms with Crippen LogP contribution in [0.4, 0.5) is 5.82 Å². The first kappa shape index (κ1) is 20.6. The van der Waals surface area contributed by atoms with Crippen LogP contribution in [-0.4, -0.2) is 43.5 Å². The predicted octanol–water partition coefficient (Wildman–Crippen LogP) is 3.62. The van der Waals surface area contributed by atoms with E-state index < -0.39 is 5.41 Å². The van der Waals surface area contributed by atoms with E-state index in [0.717, 1.165) is 51.3 Å². The number of hydrogen-bond donors (Lipinski definition) is 1. The van der Waals surface area contributed by atoms with Crippen LogP contribution in [0.5, 0.6) is 0 Å². The number of amides is 1. The van der Waals surface area contributed by atoms with Crippen LogP contribution in [-0.2, 0) is 17.9 Å². The van der Waals surface area contributed by atoms with Crippen molar-refractivity contribution >= 4 is 11.7 Å². The van der Waals surface area contributed by atoms with Gasteiger partial charge in [0.1, 0.15) is 5.82 Å². The van der Waals surface area contributed by atoms with E-state index in [2.05, 4.69) is 38.9 Å². The Morgan fingerprint density at radius 2 is 1.96 bits per heavy atom. The van der Waals surface area contributed by atoms with Crippen LogP contribution in [0.2, 0.25) is 0 Å². The normalized spacial score (nSPS) is 16.5. The summed E-state index contributed by atoms with van der Waals surface area (Å²) in [5.74, 6) is 0.821. The summed E-state index contributed by atoms with van der Waals surface area (Å²) in [5.41, 5.74) is 2.19. The zero-order valence-electron chi connectivity index (χ0n) is 17.9. The van der Waals surface area contributed by atoms with E-state index in [1.54, 1.807) is 6.20 Å². The first-order valence-electron chi connectivity index (χ1n) is 10.4. The molecule has 154 valence electrons. The van der Waals surface area contributed by atoms with Crippen LogP contribution in [0, 0.1) is 12.3 Å². The molecule has 28 heavy (non-hydrogen) atoms. The Bertz CT molecular complexity index is 792. The summed E-state index contributed by atoms with van der Waals surface area (Å²) in [6.07, 6.45) is 6.95. The molecule has 2 aromatic heterocycles. The summed E-state index contributed by atoms with van der Waals surface area (Å²) in [6, 6.07) is 2.21. The third kappa shape index (κ3) is 4.63. The van der Waals surface area contributed by atoms with Crippen molar-refractivity contribution < 1.29 is 4.79 Å². The molecule has 0 aliphatic carbocycles. The fourth-order valence-corrected chi connectivity index (χ4v) is 3.65. The molecule has 0 aromatic carbocycles. The van der Waals surface area contributed by atoms with Gasteiger partial charge >= 0.3 is 0 Å². The Balaban J connectivity index is 1.58. The van der Waals surface area contributed by atoms with Crippen molar-refractivity contribution in [2.75, 3.05) is 18.4 Å². The molecule has 3 rings (SSSR count). The van der Waals surface area contributed by atoms with Crippen molar-refractivity contribution in [1.29, 1.82) is 0 Å². The number of aryl methyl sites for hydroxylation is 1. The van der Waals surface area contributed by atoms with E-state index in [1.807, 2.05) is 37.7 Å². The Morgan fingerprint density at radius 3 is 2.61 bits per heavy atom. The van der Waals surface area contributed by atoms with Crippen molar-refractivity contribution in [3.63, 3.8) is 0 Å². The molecule has 0 bridgehead atoms. The molecule has 0 atom stereocenters. The molecule has 0 spiro atoms. The van der Waals surface area contributed by atoms with Gasteiger partial charge in [0.2, 0.25) is 5.91 Å². The molecule has 7 heteroatoms. The molecule has 0 unspecified atom stereocenters. The molecule has 1 saturated heterocycles. The van der Waals surface area contributed by atoms with Crippen molar-refractivity contribution in [3.05, 3.63) is 29.7 Å². The van der Waals surface area contributed by atoms with Gasteiger partial charge < -0.3 is 5.32 Å². The fourth-order valence-electron chi connectivity index (χ4n) is 3.65. The van der Waals surface area contributed by atoms with E-state index in [9.17, 15) is 4.79 Å². The highest BCUT2D eigenvalue weighted by Crippen LogP contribution is 2.27. The fraction of sp³-hybridized carbons (Fsp3) is 0.667. The molecular formula is C21H34N6O. The van der Waals surface area contributed by atoms with E-state index in [-0.39, 0.29) is 5.91 Å². The highest BCUT2D eigenvalue weighted by molar-refractivity contribution is 5.93. The largest absolute Gasteiger partial charge is 0.310 e. The summed E-state index contributed by atoms with van der Waals surface area (Å²) in [7, 11) is 0. The van der Waals surface area contributed by atoms with Crippen LogP contribution < -0.4 is 5.32 Å². The van der Waals surface area contributed by atoms with Crippen LogP contribution >= 0.6 is 0 Å². The SMILES string of the molecule is CCCn1ncc(CN2CCC(n3nccc3NC(=O)C(C)(C)C)CC2)c1C. The Morgan fingerprint density at radius 1 is 1.25 bits per heavy atom. The second kappa shape index (κ2) is 8.47. The second-order valence-corrected chi connectivity index (χ2v) is 8.85. The Labute approximate surface area is 168 Å². The first-order chi connectivity index (χ1) is 13.3. The molecule has 1 fully saturated rings. The lowest BCUT2D eigenvalue weighted by atomic mass is 9.96. The average Bonchev–Trinajstić information content (AvgIpc) is 3.24. The molecule has 1 aliphatic rings. The van der Waals surface area contributed by atoms with Gasteiger partial charge in [-0.05, 0) is 26.2 Å². The molecule has 2 aromatic rings. The number of anilines is 1. The lowest BCUT2D eigenvalue weighted by Gasteiger charge is -2.32. The summed E-state index contributed by atoms with van der Waals surface area (Å²) in [4.78, 5) is 14.8. The molecule has 1 N–H and O–H groups in total. The van der Waals surface area contributed by atoms with E-state index in [1.165, 1.54) is 11.3 Å². The van der Waals surface area contributed by atoms with Gasteiger partial charge in [0.05, 0.1) is 18.4 Å². The van der Waals surface area contributed by atoms with Crippen LogP contribution in [0.3, 0.4) is 0 Å². The number of piperidine rings is 1. The number of carbonyl (C=O) groups excluding carboxylic acids is 1. The minimum Gasteiger partial charge on any atom is -0.310 e.